The zero-order chi connectivity index (χ0) is 23.0. The topological polar surface area (TPSA) is 91.0 Å². The Balaban J connectivity index is 1.47. The summed E-state index contributed by atoms with van der Waals surface area (Å²) in [7, 11) is 1.72. The third-order valence-corrected chi connectivity index (χ3v) is 6.62. The molecule has 0 aliphatic carbocycles. The highest BCUT2D eigenvalue weighted by molar-refractivity contribution is 7.20. The maximum Gasteiger partial charge on any atom is 0.348 e. The average Bonchev–Trinajstić information content (AvgIpc) is 3.38. The van der Waals surface area contributed by atoms with Crippen molar-refractivity contribution >= 4 is 62.4 Å². The van der Waals surface area contributed by atoms with Crippen LogP contribution in [0.3, 0.4) is 0 Å². The van der Waals surface area contributed by atoms with Gasteiger partial charge in [0.2, 0.25) is 0 Å². The molecule has 0 saturated heterocycles. The second-order valence-electron chi connectivity index (χ2n) is 7.19. The summed E-state index contributed by atoms with van der Waals surface area (Å²) in [6, 6.07) is 8.77. The van der Waals surface area contributed by atoms with E-state index in [0.717, 1.165) is 27.2 Å². The largest absolute Gasteiger partial charge is 0.451 e. The van der Waals surface area contributed by atoms with Gasteiger partial charge in [-0.1, -0.05) is 29.3 Å². The molecular formula is C21H19Cl2N5O3S. The predicted octanol–water partition coefficient (Wildman–Crippen LogP) is 4.60. The molecule has 1 amide bonds. The van der Waals surface area contributed by atoms with Crippen molar-refractivity contribution < 1.29 is 14.3 Å². The van der Waals surface area contributed by atoms with Gasteiger partial charge in [-0.25, -0.2) is 9.48 Å². The van der Waals surface area contributed by atoms with Crippen molar-refractivity contribution in [3.8, 4) is 0 Å². The number of esters is 1. The van der Waals surface area contributed by atoms with Gasteiger partial charge in [-0.05, 0) is 32.0 Å². The van der Waals surface area contributed by atoms with Gasteiger partial charge in [-0.3, -0.25) is 9.48 Å². The van der Waals surface area contributed by atoms with Crippen molar-refractivity contribution in [2.45, 2.75) is 20.4 Å². The lowest BCUT2D eigenvalue weighted by Gasteiger charge is -2.07. The van der Waals surface area contributed by atoms with E-state index in [4.69, 9.17) is 27.9 Å². The van der Waals surface area contributed by atoms with E-state index in [-0.39, 0.29) is 0 Å². The maximum atomic E-state index is 12.5. The molecule has 4 aromatic rings. The number of fused-ring (bicyclic) bond motifs is 1. The van der Waals surface area contributed by atoms with E-state index in [0.29, 0.717) is 27.3 Å². The van der Waals surface area contributed by atoms with Crippen molar-refractivity contribution in [3.63, 3.8) is 0 Å². The fourth-order valence-corrected chi connectivity index (χ4v) is 4.83. The number of amides is 1. The summed E-state index contributed by atoms with van der Waals surface area (Å²) < 4.78 is 8.50. The first-order valence-corrected chi connectivity index (χ1v) is 11.2. The highest BCUT2D eigenvalue weighted by atomic mass is 35.5. The van der Waals surface area contributed by atoms with Crippen LogP contribution in [0.25, 0.3) is 10.2 Å². The van der Waals surface area contributed by atoms with Crippen molar-refractivity contribution in [1.82, 2.24) is 19.6 Å². The fraction of sp³-hybridized carbons (Fsp3) is 0.238. The Morgan fingerprint density at radius 2 is 1.88 bits per heavy atom. The molecule has 0 spiro atoms. The third kappa shape index (κ3) is 4.50. The Hall–Kier alpha value is -2.88. The van der Waals surface area contributed by atoms with Gasteiger partial charge in [0.1, 0.15) is 15.5 Å². The molecule has 0 atom stereocenters. The first kappa shape index (κ1) is 22.3. The first-order valence-electron chi connectivity index (χ1n) is 9.60. The first-order chi connectivity index (χ1) is 15.2. The number of benzene rings is 1. The Kier molecular flexibility index (Phi) is 6.23. The molecule has 0 aliphatic heterocycles. The van der Waals surface area contributed by atoms with E-state index in [9.17, 15) is 9.59 Å². The maximum absolute atomic E-state index is 12.5. The van der Waals surface area contributed by atoms with Gasteiger partial charge < -0.3 is 10.1 Å². The molecule has 1 N–H and O–H groups in total. The zero-order valence-corrected chi connectivity index (χ0v) is 19.8. The standard InChI is InChI=1S/C21H19Cl2N5O3S/c1-11-7-18(27(3)25-11)24-19(29)10-31-21(30)17-8-13-12(2)26-28(20(13)32-17)9-14-15(22)5-4-6-16(14)23/h4-8H,9-10H2,1-3H3,(H,24,29). The summed E-state index contributed by atoms with van der Waals surface area (Å²) in [5.41, 5.74) is 2.29. The van der Waals surface area contributed by atoms with Gasteiger partial charge in [0.25, 0.3) is 5.91 Å². The Labute approximate surface area is 197 Å². The van der Waals surface area contributed by atoms with Crippen LogP contribution in [0.1, 0.15) is 26.6 Å². The summed E-state index contributed by atoms with van der Waals surface area (Å²) in [6.07, 6.45) is 0. The molecule has 0 aliphatic rings. The van der Waals surface area contributed by atoms with Crippen LogP contribution in [-0.2, 0) is 23.1 Å². The Morgan fingerprint density at radius 3 is 2.53 bits per heavy atom. The minimum atomic E-state index is -0.579. The molecule has 4 rings (SSSR count). The van der Waals surface area contributed by atoms with Gasteiger partial charge in [-0.15, -0.1) is 11.3 Å². The molecule has 166 valence electrons. The third-order valence-electron chi connectivity index (χ3n) is 4.78. The Morgan fingerprint density at radius 1 is 1.16 bits per heavy atom. The van der Waals surface area contributed by atoms with Gasteiger partial charge in [0, 0.05) is 34.1 Å². The van der Waals surface area contributed by atoms with Crippen LogP contribution >= 0.6 is 34.5 Å². The SMILES string of the molecule is Cc1cc(NC(=O)COC(=O)c2cc3c(C)nn(Cc4c(Cl)cccc4Cl)c3s2)n(C)n1. The summed E-state index contributed by atoms with van der Waals surface area (Å²) in [4.78, 5) is 25.9. The number of anilines is 1. The van der Waals surface area contributed by atoms with E-state index in [1.54, 1.807) is 46.7 Å². The molecule has 0 saturated carbocycles. The number of hydrogen-bond acceptors (Lipinski definition) is 6. The van der Waals surface area contributed by atoms with Crippen LogP contribution in [0, 0.1) is 13.8 Å². The highest BCUT2D eigenvalue weighted by Crippen LogP contribution is 2.31. The quantitative estimate of drug-likeness (QED) is 0.398. The van der Waals surface area contributed by atoms with Crippen molar-refractivity contribution in [2.24, 2.45) is 7.05 Å². The van der Waals surface area contributed by atoms with Crippen LogP contribution in [-0.4, -0.2) is 38.0 Å². The van der Waals surface area contributed by atoms with Crippen LogP contribution in [0.5, 0.6) is 0 Å². The fourth-order valence-electron chi connectivity index (χ4n) is 3.26. The zero-order valence-electron chi connectivity index (χ0n) is 17.5. The van der Waals surface area contributed by atoms with E-state index >= 15 is 0 Å². The van der Waals surface area contributed by atoms with E-state index in [1.165, 1.54) is 11.3 Å². The lowest BCUT2D eigenvalue weighted by molar-refractivity contribution is -0.119. The molecule has 0 unspecified atom stereocenters. The molecule has 11 heteroatoms. The number of carbonyl (C=O) groups excluding carboxylic acids is 2. The number of nitrogens with one attached hydrogen (secondary N) is 1. The second kappa shape index (κ2) is 8.93. The van der Waals surface area contributed by atoms with Crippen LogP contribution in [0.15, 0.2) is 30.3 Å². The number of aromatic nitrogens is 4. The van der Waals surface area contributed by atoms with E-state index in [1.807, 2.05) is 13.8 Å². The van der Waals surface area contributed by atoms with Crippen LogP contribution in [0.2, 0.25) is 10.0 Å². The van der Waals surface area contributed by atoms with Crippen molar-refractivity contribution in [1.29, 1.82) is 0 Å². The number of carbonyl (C=O) groups is 2. The molecule has 0 bridgehead atoms. The monoisotopic (exact) mass is 491 g/mol. The number of rotatable bonds is 6. The summed E-state index contributed by atoms with van der Waals surface area (Å²) in [5, 5.41) is 13.3. The van der Waals surface area contributed by atoms with Gasteiger partial charge >= 0.3 is 5.97 Å². The van der Waals surface area contributed by atoms with Gasteiger partial charge in [-0.2, -0.15) is 10.2 Å². The lowest BCUT2D eigenvalue weighted by atomic mass is 10.2. The molecule has 1 aromatic carbocycles. The predicted molar refractivity (Wildman–Crippen MR) is 125 cm³/mol. The number of nitrogens with zero attached hydrogens (tertiary/aromatic N) is 4. The molecule has 3 heterocycles. The Bertz CT molecular complexity index is 1320. The van der Waals surface area contributed by atoms with Crippen LogP contribution < -0.4 is 5.32 Å². The highest BCUT2D eigenvalue weighted by Gasteiger charge is 2.19. The molecule has 0 fully saturated rings. The minimum Gasteiger partial charge on any atom is -0.451 e. The number of ether oxygens (including phenoxy) is 1. The van der Waals surface area contributed by atoms with Gasteiger partial charge in [0.15, 0.2) is 6.61 Å². The van der Waals surface area contributed by atoms with E-state index < -0.39 is 18.5 Å². The van der Waals surface area contributed by atoms with Crippen molar-refractivity contribution in [2.75, 3.05) is 11.9 Å². The lowest BCUT2D eigenvalue weighted by Crippen LogP contribution is -2.21. The minimum absolute atomic E-state index is 0.365. The number of thiophene rings is 1. The molecule has 32 heavy (non-hydrogen) atoms. The van der Waals surface area contributed by atoms with Crippen LogP contribution in [0.4, 0.5) is 5.82 Å². The summed E-state index contributed by atoms with van der Waals surface area (Å²) in [6.45, 7) is 3.64. The number of hydrogen-bond donors (Lipinski definition) is 1. The number of aryl methyl sites for hydroxylation is 3. The second-order valence-corrected chi connectivity index (χ2v) is 9.04. The summed E-state index contributed by atoms with van der Waals surface area (Å²) >= 11 is 13.8. The number of halogens is 2. The van der Waals surface area contributed by atoms with Gasteiger partial charge in [0.05, 0.1) is 17.9 Å². The van der Waals surface area contributed by atoms with E-state index in [2.05, 4.69) is 15.5 Å². The molecule has 8 nitrogen and oxygen atoms in total. The summed E-state index contributed by atoms with van der Waals surface area (Å²) in [5.74, 6) is -0.498. The molecule has 0 radical (unpaired) electrons. The normalized spacial score (nSPS) is 11.2. The molecule has 3 aromatic heterocycles. The average molecular weight is 492 g/mol. The van der Waals surface area contributed by atoms with Crippen molar-refractivity contribution in [3.05, 3.63) is 62.2 Å². The molecular weight excluding hydrogens is 473 g/mol. The smallest absolute Gasteiger partial charge is 0.348 e.